The van der Waals surface area contributed by atoms with Crippen LogP contribution in [0.4, 0.5) is 5.88 Å². The monoisotopic (exact) mass is 307 g/mol. The molecule has 0 aliphatic heterocycles. The van der Waals surface area contributed by atoms with Crippen LogP contribution in [-0.4, -0.2) is 16.0 Å². The summed E-state index contributed by atoms with van der Waals surface area (Å²) in [5.74, 6) is 0.280. The van der Waals surface area contributed by atoms with E-state index in [0.717, 1.165) is 24.2 Å². The van der Waals surface area contributed by atoms with Gasteiger partial charge in [-0.3, -0.25) is 10.1 Å². The van der Waals surface area contributed by atoms with E-state index in [1.54, 1.807) is 12.1 Å². The third kappa shape index (κ3) is 4.04. The van der Waals surface area contributed by atoms with E-state index in [2.05, 4.69) is 15.5 Å². The highest BCUT2D eigenvalue weighted by molar-refractivity contribution is 6.29. The van der Waals surface area contributed by atoms with Gasteiger partial charge in [0.25, 0.3) is 5.91 Å². The molecule has 1 N–H and O–H groups in total. The molecule has 0 spiro atoms. The summed E-state index contributed by atoms with van der Waals surface area (Å²) in [5.41, 5.74) is 2.06. The number of carbonyl (C=O) groups is 1. The van der Waals surface area contributed by atoms with Crippen molar-refractivity contribution in [1.82, 2.24) is 10.1 Å². The van der Waals surface area contributed by atoms with Crippen molar-refractivity contribution in [2.45, 2.75) is 39.5 Å². The topological polar surface area (TPSA) is 68.0 Å². The van der Waals surface area contributed by atoms with Gasteiger partial charge in [-0.25, -0.2) is 4.98 Å². The molecule has 0 saturated carbocycles. The number of anilines is 1. The maximum atomic E-state index is 12.2. The second kappa shape index (κ2) is 6.72. The maximum Gasteiger partial charge on any atom is 0.258 e. The Labute approximate surface area is 128 Å². The molecule has 0 aliphatic carbocycles. The van der Waals surface area contributed by atoms with E-state index in [4.69, 9.17) is 16.1 Å². The average molecular weight is 308 g/mol. The number of hydrogen-bond donors (Lipinski definition) is 1. The fourth-order valence-corrected chi connectivity index (χ4v) is 2.10. The second-order valence-corrected chi connectivity index (χ2v) is 5.53. The number of halogens is 1. The molecule has 6 heteroatoms. The van der Waals surface area contributed by atoms with Gasteiger partial charge >= 0.3 is 0 Å². The number of aryl methyl sites for hydroxylation is 1. The maximum absolute atomic E-state index is 12.2. The molecule has 2 rings (SSSR count). The summed E-state index contributed by atoms with van der Waals surface area (Å²) in [6, 6.07) is 5.00. The largest absolute Gasteiger partial charge is 0.338 e. The summed E-state index contributed by atoms with van der Waals surface area (Å²) >= 11 is 5.95. The van der Waals surface area contributed by atoms with E-state index < -0.39 is 0 Å². The number of pyridine rings is 1. The van der Waals surface area contributed by atoms with Crippen molar-refractivity contribution in [2.24, 2.45) is 0 Å². The first-order valence-corrected chi connectivity index (χ1v) is 7.31. The molecule has 2 aromatic rings. The van der Waals surface area contributed by atoms with Crippen LogP contribution < -0.4 is 5.32 Å². The zero-order valence-electron chi connectivity index (χ0n) is 12.3. The van der Waals surface area contributed by atoms with Crippen LogP contribution >= 0.6 is 11.6 Å². The van der Waals surface area contributed by atoms with Crippen molar-refractivity contribution in [1.29, 1.82) is 0 Å². The third-order valence-electron chi connectivity index (χ3n) is 2.97. The van der Waals surface area contributed by atoms with Crippen LogP contribution in [0.2, 0.25) is 5.15 Å². The Hall–Kier alpha value is -1.88. The molecule has 2 heterocycles. The number of carbonyl (C=O) groups excluding carboxylic acids is 1. The highest BCUT2D eigenvalue weighted by Gasteiger charge is 2.13. The minimum atomic E-state index is -0.289. The van der Waals surface area contributed by atoms with Crippen LogP contribution in [0.1, 0.15) is 54.9 Å². The van der Waals surface area contributed by atoms with Crippen LogP contribution in [0, 0.1) is 0 Å². The summed E-state index contributed by atoms with van der Waals surface area (Å²) < 4.78 is 5.10. The van der Waals surface area contributed by atoms with Crippen LogP contribution in [0.3, 0.4) is 0 Å². The molecular weight excluding hydrogens is 290 g/mol. The summed E-state index contributed by atoms with van der Waals surface area (Å²) in [4.78, 5) is 16.4. The van der Waals surface area contributed by atoms with E-state index in [1.807, 2.05) is 20.8 Å². The van der Waals surface area contributed by atoms with Crippen molar-refractivity contribution in [3.05, 3.63) is 40.3 Å². The smallest absolute Gasteiger partial charge is 0.258 e. The van der Waals surface area contributed by atoms with Gasteiger partial charge in [0.05, 0.1) is 5.69 Å². The van der Waals surface area contributed by atoms with Gasteiger partial charge < -0.3 is 4.52 Å². The van der Waals surface area contributed by atoms with Crippen LogP contribution in [-0.2, 0) is 6.42 Å². The molecule has 0 fully saturated rings. The fraction of sp³-hybridized carbons (Fsp3) is 0.400. The van der Waals surface area contributed by atoms with Gasteiger partial charge in [-0.2, -0.15) is 0 Å². The molecule has 0 bridgehead atoms. The third-order valence-corrected chi connectivity index (χ3v) is 3.17. The molecule has 0 radical (unpaired) electrons. The molecule has 2 aromatic heterocycles. The molecule has 5 nitrogen and oxygen atoms in total. The normalized spacial score (nSPS) is 10.9. The first-order valence-electron chi connectivity index (χ1n) is 6.94. The van der Waals surface area contributed by atoms with Gasteiger partial charge in [0, 0.05) is 17.3 Å². The van der Waals surface area contributed by atoms with Crippen LogP contribution in [0.15, 0.2) is 22.7 Å². The molecule has 21 heavy (non-hydrogen) atoms. The van der Waals surface area contributed by atoms with Crippen molar-refractivity contribution in [3.63, 3.8) is 0 Å². The van der Waals surface area contributed by atoms with E-state index >= 15 is 0 Å². The van der Waals surface area contributed by atoms with E-state index in [0.29, 0.717) is 16.6 Å². The minimum Gasteiger partial charge on any atom is -0.338 e. The Kier molecular flexibility index (Phi) is 4.96. The zero-order chi connectivity index (χ0) is 15.4. The summed E-state index contributed by atoms with van der Waals surface area (Å²) in [7, 11) is 0. The number of hydrogen-bond acceptors (Lipinski definition) is 4. The molecule has 0 atom stereocenters. The lowest BCUT2D eigenvalue weighted by Gasteiger charge is -2.05. The number of nitrogens with one attached hydrogen (secondary N) is 1. The van der Waals surface area contributed by atoms with Crippen LogP contribution in [0.5, 0.6) is 0 Å². The average Bonchev–Trinajstić information content (AvgIpc) is 2.87. The Morgan fingerprint density at radius 1 is 1.38 bits per heavy atom. The molecule has 0 aromatic carbocycles. The summed E-state index contributed by atoms with van der Waals surface area (Å²) in [6.07, 6.45) is 1.72. The van der Waals surface area contributed by atoms with Gasteiger partial charge in [-0.05, 0) is 24.5 Å². The fourth-order valence-electron chi connectivity index (χ4n) is 1.87. The predicted molar refractivity (Wildman–Crippen MR) is 81.8 cm³/mol. The highest BCUT2D eigenvalue weighted by atomic mass is 35.5. The number of nitrogens with zero attached hydrogens (tertiary/aromatic N) is 2. The lowest BCUT2D eigenvalue weighted by molar-refractivity contribution is 0.102. The number of rotatable bonds is 5. The van der Waals surface area contributed by atoms with Gasteiger partial charge in [0.1, 0.15) is 5.15 Å². The molecule has 0 unspecified atom stereocenters. The van der Waals surface area contributed by atoms with Crippen molar-refractivity contribution >= 4 is 23.4 Å². The molecule has 0 saturated heterocycles. The Balaban J connectivity index is 2.15. The lowest BCUT2D eigenvalue weighted by Crippen LogP contribution is -2.12. The van der Waals surface area contributed by atoms with E-state index in [-0.39, 0.29) is 11.8 Å². The van der Waals surface area contributed by atoms with Crippen LogP contribution in [0.25, 0.3) is 0 Å². The predicted octanol–water partition coefficient (Wildman–Crippen LogP) is 4.05. The Morgan fingerprint density at radius 2 is 2.14 bits per heavy atom. The zero-order valence-corrected chi connectivity index (χ0v) is 13.1. The Bertz CT molecular complexity index is 638. The van der Waals surface area contributed by atoms with Crippen molar-refractivity contribution in [2.75, 3.05) is 5.32 Å². The highest BCUT2D eigenvalue weighted by Crippen LogP contribution is 2.19. The first kappa shape index (κ1) is 15.5. The standard InChI is InChI=1S/C15H18ClN3O2/c1-4-5-11-6-10(7-13(16)17-11)15(20)18-14-8-12(9(2)3)19-21-14/h6-9H,4-5H2,1-3H3,(H,18,20). The van der Waals surface area contributed by atoms with Crippen molar-refractivity contribution < 1.29 is 9.32 Å². The van der Waals surface area contributed by atoms with Gasteiger partial charge in [-0.15, -0.1) is 0 Å². The molecule has 0 aliphatic rings. The number of aromatic nitrogens is 2. The van der Waals surface area contributed by atoms with E-state index in [1.165, 1.54) is 6.07 Å². The van der Waals surface area contributed by atoms with Gasteiger partial charge in [0.2, 0.25) is 5.88 Å². The minimum absolute atomic E-state index is 0.242. The SMILES string of the molecule is CCCc1cc(C(=O)Nc2cc(C(C)C)no2)cc(Cl)n1. The Morgan fingerprint density at radius 3 is 2.76 bits per heavy atom. The summed E-state index contributed by atoms with van der Waals surface area (Å²) in [6.45, 7) is 6.05. The lowest BCUT2D eigenvalue weighted by atomic mass is 10.1. The number of amides is 1. The van der Waals surface area contributed by atoms with Crippen molar-refractivity contribution in [3.8, 4) is 0 Å². The molecule has 112 valence electrons. The molecular formula is C15H18ClN3O2. The van der Waals surface area contributed by atoms with E-state index in [9.17, 15) is 4.79 Å². The second-order valence-electron chi connectivity index (χ2n) is 5.14. The van der Waals surface area contributed by atoms with Gasteiger partial charge in [0.15, 0.2) is 0 Å². The molecule has 1 amide bonds. The quantitative estimate of drug-likeness (QED) is 0.846. The van der Waals surface area contributed by atoms with Gasteiger partial charge in [-0.1, -0.05) is 43.9 Å². The first-order chi connectivity index (χ1) is 9.99. The summed E-state index contributed by atoms with van der Waals surface area (Å²) in [5, 5.41) is 6.89.